The Balaban J connectivity index is 1.36. The van der Waals surface area contributed by atoms with Gasteiger partial charge in [-0.3, -0.25) is 19.3 Å². The summed E-state index contributed by atoms with van der Waals surface area (Å²) < 4.78 is 4.96. The van der Waals surface area contributed by atoms with Crippen molar-refractivity contribution in [1.82, 2.24) is 9.80 Å². The molecule has 1 aliphatic heterocycles. The maximum absolute atomic E-state index is 11.9. The minimum Gasteiger partial charge on any atom is -0.456 e. The maximum atomic E-state index is 11.9. The topological polar surface area (TPSA) is 96.0 Å². The highest BCUT2D eigenvalue weighted by atomic mass is 16.5. The molecule has 0 saturated carbocycles. The smallest absolute Gasteiger partial charge is 0.326 e. The van der Waals surface area contributed by atoms with Gasteiger partial charge in [0.1, 0.15) is 6.54 Å². The summed E-state index contributed by atoms with van der Waals surface area (Å²) in [4.78, 5) is 49.5. The molecule has 0 bridgehead atoms. The van der Waals surface area contributed by atoms with Crippen LogP contribution in [0.4, 0.5) is 10.5 Å². The van der Waals surface area contributed by atoms with E-state index in [1.165, 1.54) is 16.0 Å². The molecule has 8 heteroatoms. The summed E-state index contributed by atoms with van der Waals surface area (Å²) in [6.07, 6.45) is 3.57. The van der Waals surface area contributed by atoms with Crippen LogP contribution in [0.5, 0.6) is 0 Å². The number of nitrogens with one attached hydrogen (secondary N) is 1. The number of imide groups is 1. The van der Waals surface area contributed by atoms with E-state index in [2.05, 4.69) is 5.32 Å². The third-order valence-corrected chi connectivity index (χ3v) is 4.74. The number of nitrogens with zero attached hydrogens (tertiary/aromatic N) is 2. The number of rotatable bonds is 7. The summed E-state index contributed by atoms with van der Waals surface area (Å²) >= 11 is 0. The average molecular weight is 373 g/mol. The van der Waals surface area contributed by atoms with E-state index in [-0.39, 0.29) is 38.1 Å². The van der Waals surface area contributed by atoms with Crippen LogP contribution < -0.4 is 5.32 Å². The van der Waals surface area contributed by atoms with Crippen molar-refractivity contribution in [1.29, 1.82) is 0 Å². The fourth-order valence-electron chi connectivity index (χ4n) is 3.34. The van der Waals surface area contributed by atoms with Crippen LogP contribution in [-0.4, -0.2) is 60.4 Å². The second kappa shape index (κ2) is 8.20. The van der Waals surface area contributed by atoms with Crippen molar-refractivity contribution < 1.29 is 23.9 Å². The number of esters is 1. The van der Waals surface area contributed by atoms with Gasteiger partial charge in [-0.1, -0.05) is 6.07 Å². The van der Waals surface area contributed by atoms with Gasteiger partial charge in [-0.25, -0.2) is 4.79 Å². The number of carbonyl (C=O) groups is 4. The Morgan fingerprint density at radius 1 is 1.19 bits per heavy atom. The summed E-state index contributed by atoms with van der Waals surface area (Å²) in [5, 5.41) is 2.73. The molecule has 0 aromatic heterocycles. The lowest BCUT2D eigenvalue weighted by Crippen LogP contribution is -2.32. The van der Waals surface area contributed by atoms with Gasteiger partial charge in [-0.15, -0.1) is 0 Å². The van der Waals surface area contributed by atoms with Gasteiger partial charge >= 0.3 is 12.0 Å². The summed E-state index contributed by atoms with van der Waals surface area (Å²) in [6, 6.07) is 5.47. The van der Waals surface area contributed by atoms with Crippen LogP contribution in [-0.2, 0) is 32.0 Å². The Morgan fingerprint density at radius 3 is 2.70 bits per heavy atom. The molecule has 1 N–H and O–H groups in total. The lowest BCUT2D eigenvalue weighted by atomic mass is 10.1. The number of likely N-dealkylation sites (N-methyl/N-ethyl adjacent to an activating group) is 1. The number of carbonyl (C=O) groups excluding carboxylic acids is 4. The second-order valence-corrected chi connectivity index (χ2v) is 6.83. The molecule has 1 aliphatic carbocycles. The number of fused-ring (bicyclic) bond motifs is 1. The van der Waals surface area contributed by atoms with Crippen LogP contribution in [0.2, 0.25) is 0 Å². The summed E-state index contributed by atoms with van der Waals surface area (Å²) in [6.45, 7) is -0.134. The Bertz CT molecular complexity index is 777. The highest BCUT2D eigenvalue weighted by Crippen LogP contribution is 2.24. The van der Waals surface area contributed by atoms with Gasteiger partial charge in [0, 0.05) is 25.7 Å². The summed E-state index contributed by atoms with van der Waals surface area (Å²) in [5.41, 5.74) is 3.27. The van der Waals surface area contributed by atoms with Gasteiger partial charge in [0.25, 0.3) is 5.91 Å². The first kappa shape index (κ1) is 18.9. The van der Waals surface area contributed by atoms with Gasteiger partial charge in [-0.05, 0) is 48.9 Å². The fourth-order valence-corrected chi connectivity index (χ4v) is 3.34. The van der Waals surface area contributed by atoms with Crippen molar-refractivity contribution in [2.24, 2.45) is 0 Å². The van der Waals surface area contributed by atoms with Crippen molar-refractivity contribution in [2.75, 3.05) is 32.1 Å². The first-order valence-electron chi connectivity index (χ1n) is 9.07. The van der Waals surface area contributed by atoms with Crippen molar-refractivity contribution in [3.63, 3.8) is 0 Å². The van der Waals surface area contributed by atoms with E-state index in [0.717, 1.165) is 24.2 Å². The largest absolute Gasteiger partial charge is 0.456 e. The number of ether oxygens (including phenoxy) is 1. The lowest BCUT2D eigenvalue weighted by molar-refractivity contribution is -0.147. The standard InChI is InChI=1S/C19H23N3O5/c1-21-11-17(24)22(19(21)26)9-3-6-18(25)27-12-16(23)20-15-8-7-13-4-2-5-14(13)10-15/h7-8,10H,2-6,9,11-12H2,1H3,(H,20,23). The van der Waals surface area contributed by atoms with Crippen LogP contribution >= 0.6 is 0 Å². The van der Waals surface area contributed by atoms with Gasteiger partial charge in [0.05, 0.1) is 0 Å². The predicted molar refractivity (Wildman–Crippen MR) is 97.0 cm³/mol. The Morgan fingerprint density at radius 2 is 1.96 bits per heavy atom. The number of benzene rings is 1. The Kier molecular flexibility index (Phi) is 5.73. The van der Waals surface area contributed by atoms with Crippen molar-refractivity contribution in [3.05, 3.63) is 29.3 Å². The molecule has 4 amide bonds. The van der Waals surface area contributed by atoms with E-state index in [1.807, 2.05) is 18.2 Å². The highest BCUT2D eigenvalue weighted by molar-refractivity contribution is 6.01. The zero-order chi connectivity index (χ0) is 19.4. The van der Waals surface area contributed by atoms with Gasteiger partial charge in [0.15, 0.2) is 6.61 Å². The minimum atomic E-state index is -0.536. The van der Waals surface area contributed by atoms with Crippen LogP contribution in [0.1, 0.15) is 30.4 Å². The normalized spacial score (nSPS) is 15.9. The van der Waals surface area contributed by atoms with Crippen LogP contribution in [0.15, 0.2) is 18.2 Å². The van der Waals surface area contributed by atoms with Crippen molar-refractivity contribution >= 4 is 29.5 Å². The molecule has 1 aromatic carbocycles. The summed E-state index contributed by atoms with van der Waals surface area (Å²) in [7, 11) is 1.55. The number of urea groups is 1. The molecule has 0 radical (unpaired) electrons. The molecule has 1 heterocycles. The fraction of sp³-hybridized carbons (Fsp3) is 0.474. The molecule has 1 aromatic rings. The van der Waals surface area contributed by atoms with E-state index in [4.69, 9.17) is 4.74 Å². The monoisotopic (exact) mass is 373 g/mol. The number of aryl methyl sites for hydroxylation is 2. The van der Waals surface area contributed by atoms with E-state index in [1.54, 1.807) is 7.05 Å². The lowest BCUT2D eigenvalue weighted by Gasteiger charge is -2.13. The van der Waals surface area contributed by atoms with Gasteiger partial charge in [-0.2, -0.15) is 0 Å². The second-order valence-electron chi connectivity index (χ2n) is 6.83. The first-order valence-corrected chi connectivity index (χ1v) is 9.07. The number of amides is 4. The highest BCUT2D eigenvalue weighted by Gasteiger charge is 2.32. The van der Waals surface area contributed by atoms with Gasteiger partial charge < -0.3 is 15.0 Å². The third-order valence-electron chi connectivity index (χ3n) is 4.74. The number of hydrogen-bond acceptors (Lipinski definition) is 5. The maximum Gasteiger partial charge on any atom is 0.326 e. The molecule has 3 rings (SSSR count). The molecular weight excluding hydrogens is 350 g/mol. The van der Waals surface area contributed by atoms with E-state index >= 15 is 0 Å². The summed E-state index contributed by atoms with van der Waals surface area (Å²) in [5.74, 6) is -1.20. The van der Waals surface area contributed by atoms with Crippen molar-refractivity contribution in [2.45, 2.75) is 32.1 Å². The van der Waals surface area contributed by atoms with Crippen molar-refractivity contribution in [3.8, 4) is 0 Å². The molecule has 144 valence electrons. The third kappa shape index (κ3) is 4.64. The molecule has 1 saturated heterocycles. The van der Waals surface area contributed by atoms with Crippen LogP contribution in [0.25, 0.3) is 0 Å². The number of anilines is 1. The predicted octanol–water partition coefficient (Wildman–Crippen LogP) is 1.33. The molecule has 1 fully saturated rings. The average Bonchev–Trinajstić information content (AvgIpc) is 3.19. The Hall–Kier alpha value is -2.90. The molecule has 0 unspecified atom stereocenters. The molecule has 2 aliphatic rings. The minimum absolute atomic E-state index is 0.0346. The molecule has 0 atom stereocenters. The molecule has 27 heavy (non-hydrogen) atoms. The molecule has 8 nitrogen and oxygen atoms in total. The Labute approximate surface area is 157 Å². The van der Waals surface area contributed by atoms with Gasteiger partial charge in [0.2, 0.25) is 5.91 Å². The van der Waals surface area contributed by atoms with E-state index < -0.39 is 11.9 Å². The van der Waals surface area contributed by atoms with E-state index in [9.17, 15) is 19.2 Å². The van der Waals surface area contributed by atoms with Crippen LogP contribution in [0, 0.1) is 0 Å². The zero-order valence-corrected chi connectivity index (χ0v) is 15.3. The quantitative estimate of drug-likeness (QED) is 0.575. The SMILES string of the molecule is CN1CC(=O)N(CCCC(=O)OCC(=O)Nc2ccc3c(c2)CCC3)C1=O. The zero-order valence-electron chi connectivity index (χ0n) is 15.3. The van der Waals surface area contributed by atoms with Crippen LogP contribution in [0.3, 0.4) is 0 Å². The molecule has 0 spiro atoms. The van der Waals surface area contributed by atoms with E-state index in [0.29, 0.717) is 12.1 Å². The first-order chi connectivity index (χ1) is 12.9. The number of hydrogen-bond donors (Lipinski definition) is 1. The molecular formula is C19H23N3O5.